The van der Waals surface area contributed by atoms with Crippen LogP contribution < -0.4 is 5.73 Å². The number of aromatic nitrogens is 4. The van der Waals surface area contributed by atoms with E-state index in [9.17, 15) is 15.0 Å². The number of nitrogens with two attached hydrogens (primary N) is 1. The van der Waals surface area contributed by atoms with Crippen molar-refractivity contribution in [3.8, 4) is 11.5 Å². The van der Waals surface area contributed by atoms with Crippen molar-refractivity contribution in [1.82, 2.24) is 20.2 Å². The molecule has 9 heteroatoms. The molecule has 0 fully saturated rings. The normalized spacial score (nSPS) is 12.4. The second-order valence-corrected chi connectivity index (χ2v) is 5.67. The molecule has 1 atom stereocenters. The molecule has 112 valence electrons. The number of phenolic OH excluding ortho intramolecular Hbond substituents is 2. The number of phenols is 2. The first-order chi connectivity index (χ1) is 10.5. The lowest BCUT2D eigenvalue weighted by Gasteiger charge is -2.12. The van der Waals surface area contributed by atoms with E-state index < -0.39 is 11.3 Å². The highest BCUT2D eigenvalue weighted by atomic mass is 32.2. The molecule has 3 rings (SSSR count). The van der Waals surface area contributed by atoms with Crippen LogP contribution in [0, 0.1) is 0 Å². The molecule has 0 aliphatic rings. The van der Waals surface area contributed by atoms with E-state index in [0.29, 0.717) is 0 Å². The number of aromatic hydroxyl groups is 2. The summed E-state index contributed by atoms with van der Waals surface area (Å²) in [5, 5.41) is 30.4. The Balaban J connectivity index is 1.96. The van der Waals surface area contributed by atoms with Crippen molar-refractivity contribution in [3.63, 3.8) is 0 Å². The number of amides is 1. The van der Waals surface area contributed by atoms with Gasteiger partial charge in [0.2, 0.25) is 0 Å². The summed E-state index contributed by atoms with van der Waals surface area (Å²) in [6, 6.07) is 8.24. The Bertz CT molecular complexity index is 837. The van der Waals surface area contributed by atoms with Crippen molar-refractivity contribution in [3.05, 3.63) is 36.7 Å². The van der Waals surface area contributed by atoms with Gasteiger partial charge in [-0.3, -0.25) is 4.79 Å². The standard InChI is InChI=1S/C13H11N5O3S/c14-12(21)13(18-6-15-16-17-18)22-9-2-1-7-4-10(19)11(20)5-8(7)3-9/h1-6,13,19-20H,(H2,14,21). The van der Waals surface area contributed by atoms with Crippen LogP contribution in [0.25, 0.3) is 10.8 Å². The number of hydrogen-bond donors (Lipinski definition) is 3. The molecule has 1 unspecified atom stereocenters. The van der Waals surface area contributed by atoms with Crippen molar-refractivity contribution in [1.29, 1.82) is 0 Å². The first kappa shape index (κ1) is 14.1. The van der Waals surface area contributed by atoms with Crippen molar-refractivity contribution in [2.75, 3.05) is 0 Å². The topological polar surface area (TPSA) is 127 Å². The van der Waals surface area contributed by atoms with Crippen molar-refractivity contribution >= 4 is 28.4 Å². The maximum atomic E-state index is 11.6. The number of thioether (sulfide) groups is 1. The second kappa shape index (κ2) is 5.53. The Kier molecular flexibility index (Phi) is 3.55. The molecule has 2 aromatic carbocycles. The van der Waals surface area contributed by atoms with E-state index in [1.54, 1.807) is 18.2 Å². The van der Waals surface area contributed by atoms with Crippen LogP contribution in [-0.2, 0) is 4.79 Å². The van der Waals surface area contributed by atoms with Gasteiger partial charge in [0.25, 0.3) is 5.91 Å². The Labute approximate surface area is 128 Å². The molecule has 0 bridgehead atoms. The Morgan fingerprint density at radius 2 is 1.91 bits per heavy atom. The minimum atomic E-state index is -0.779. The lowest BCUT2D eigenvalue weighted by molar-refractivity contribution is -0.119. The zero-order chi connectivity index (χ0) is 15.7. The predicted octanol–water partition coefficient (Wildman–Crippen LogP) is 1.01. The summed E-state index contributed by atoms with van der Waals surface area (Å²) in [5.41, 5.74) is 5.38. The van der Waals surface area contributed by atoms with Gasteiger partial charge in [0.1, 0.15) is 6.33 Å². The summed E-state index contributed by atoms with van der Waals surface area (Å²) in [6.07, 6.45) is 1.31. The van der Waals surface area contributed by atoms with Gasteiger partial charge < -0.3 is 15.9 Å². The molecular formula is C13H11N5O3S. The van der Waals surface area contributed by atoms with Gasteiger partial charge in [-0.15, -0.1) is 5.10 Å². The highest BCUT2D eigenvalue weighted by Gasteiger charge is 2.20. The smallest absolute Gasteiger partial charge is 0.253 e. The number of carbonyl (C=O) groups is 1. The number of tetrazole rings is 1. The second-order valence-electron chi connectivity index (χ2n) is 4.51. The molecule has 4 N–H and O–H groups in total. The maximum Gasteiger partial charge on any atom is 0.253 e. The van der Waals surface area contributed by atoms with Crippen molar-refractivity contribution in [2.24, 2.45) is 5.73 Å². The minimum Gasteiger partial charge on any atom is -0.504 e. The van der Waals surface area contributed by atoms with E-state index in [-0.39, 0.29) is 11.5 Å². The lowest BCUT2D eigenvalue weighted by Crippen LogP contribution is -2.24. The number of carbonyl (C=O) groups excluding carboxylic acids is 1. The number of benzene rings is 2. The molecule has 1 heterocycles. The first-order valence-electron chi connectivity index (χ1n) is 6.19. The maximum absolute atomic E-state index is 11.6. The quantitative estimate of drug-likeness (QED) is 0.484. The van der Waals surface area contributed by atoms with Crippen LogP contribution in [0.1, 0.15) is 5.37 Å². The fourth-order valence-corrected chi connectivity index (χ4v) is 2.89. The van der Waals surface area contributed by atoms with Crippen LogP contribution >= 0.6 is 11.8 Å². The van der Waals surface area contributed by atoms with E-state index in [0.717, 1.165) is 15.7 Å². The summed E-state index contributed by atoms with van der Waals surface area (Å²) in [5.74, 6) is -0.968. The van der Waals surface area contributed by atoms with Crippen LogP contribution in [-0.4, -0.2) is 36.3 Å². The SMILES string of the molecule is NC(=O)C(Sc1ccc2cc(O)c(O)cc2c1)n1cnnn1. The monoisotopic (exact) mass is 317 g/mol. The Morgan fingerprint density at radius 1 is 1.18 bits per heavy atom. The minimum absolute atomic E-state index is 0.184. The van der Waals surface area contributed by atoms with Gasteiger partial charge in [0, 0.05) is 4.90 Å². The summed E-state index contributed by atoms with van der Waals surface area (Å²) < 4.78 is 1.27. The van der Waals surface area contributed by atoms with E-state index in [2.05, 4.69) is 15.5 Å². The summed E-state index contributed by atoms with van der Waals surface area (Å²) in [7, 11) is 0. The number of primary amides is 1. The van der Waals surface area contributed by atoms with Crippen LogP contribution in [0.4, 0.5) is 0 Å². The number of rotatable bonds is 4. The zero-order valence-electron chi connectivity index (χ0n) is 11.1. The highest BCUT2D eigenvalue weighted by molar-refractivity contribution is 8.00. The summed E-state index contributed by atoms with van der Waals surface area (Å²) in [6.45, 7) is 0. The third kappa shape index (κ3) is 2.66. The summed E-state index contributed by atoms with van der Waals surface area (Å²) in [4.78, 5) is 12.3. The molecule has 1 aromatic heterocycles. The zero-order valence-corrected chi connectivity index (χ0v) is 11.9. The lowest BCUT2D eigenvalue weighted by atomic mass is 10.1. The molecule has 8 nitrogen and oxygen atoms in total. The molecule has 0 aliphatic carbocycles. The molecule has 3 aromatic rings. The molecule has 0 saturated heterocycles. The highest BCUT2D eigenvalue weighted by Crippen LogP contribution is 2.35. The fourth-order valence-electron chi connectivity index (χ4n) is 1.97. The van der Waals surface area contributed by atoms with E-state index >= 15 is 0 Å². The Morgan fingerprint density at radius 3 is 2.55 bits per heavy atom. The molecule has 0 radical (unpaired) electrons. The van der Waals surface area contributed by atoms with Gasteiger partial charge in [-0.2, -0.15) is 0 Å². The van der Waals surface area contributed by atoms with Gasteiger partial charge in [0.05, 0.1) is 0 Å². The fraction of sp³-hybridized carbons (Fsp3) is 0.0769. The molecular weight excluding hydrogens is 306 g/mol. The average molecular weight is 317 g/mol. The van der Waals surface area contributed by atoms with Crippen LogP contribution in [0.2, 0.25) is 0 Å². The third-order valence-electron chi connectivity index (χ3n) is 3.00. The summed E-state index contributed by atoms with van der Waals surface area (Å²) >= 11 is 1.18. The van der Waals surface area contributed by atoms with Crippen LogP contribution in [0.5, 0.6) is 11.5 Å². The third-order valence-corrected chi connectivity index (χ3v) is 4.20. The number of fused-ring (bicyclic) bond motifs is 1. The van der Waals surface area contributed by atoms with Gasteiger partial charge in [0.15, 0.2) is 16.9 Å². The number of hydrogen-bond acceptors (Lipinski definition) is 7. The first-order valence-corrected chi connectivity index (χ1v) is 7.07. The average Bonchev–Trinajstić information content (AvgIpc) is 2.99. The van der Waals surface area contributed by atoms with Gasteiger partial charge in [-0.25, -0.2) is 4.68 Å². The van der Waals surface area contributed by atoms with E-state index in [1.807, 2.05) is 0 Å². The molecule has 22 heavy (non-hydrogen) atoms. The predicted molar refractivity (Wildman–Crippen MR) is 79.2 cm³/mol. The largest absolute Gasteiger partial charge is 0.504 e. The van der Waals surface area contributed by atoms with Gasteiger partial charge >= 0.3 is 0 Å². The molecule has 0 spiro atoms. The van der Waals surface area contributed by atoms with Crippen LogP contribution in [0.3, 0.4) is 0 Å². The van der Waals surface area contributed by atoms with E-state index in [1.165, 1.54) is 34.9 Å². The molecule has 0 aliphatic heterocycles. The molecule has 0 saturated carbocycles. The molecule has 1 amide bonds. The van der Waals surface area contributed by atoms with Crippen molar-refractivity contribution < 1.29 is 15.0 Å². The Hall–Kier alpha value is -2.81. The number of nitrogens with zero attached hydrogens (tertiary/aromatic N) is 4. The van der Waals surface area contributed by atoms with Crippen LogP contribution in [0.15, 0.2) is 41.6 Å². The van der Waals surface area contributed by atoms with Crippen molar-refractivity contribution in [2.45, 2.75) is 10.3 Å². The van der Waals surface area contributed by atoms with E-state index in [4.69, 9.17) is 5.73 Å². The van der Waals surface area contributed by atoms with Gasteiger partial charge in [-0.1, -0.05) is 17.8 Å². The van der Waals surface area contributed by atoms with Gasteiger partial charge in [-0.05, 0) is 45.5 Å².